The maximum Gasteiger partial charge on any atom is 0.180 e. The third-order valence-electron chi connectivity index (χ3n) is 3.47. The van der Waals surface area contributed by atoms with Crippen LogP contribution in [0.25, 0.3) is 5.65 Å². The van der Waals surface area contributed by atoms with Crippen LogP contribution in [-0.2, 0) is 0 Å². The van der Waals surface area contributed by atoms with Crippen LogP contribution in [0.4, 0.5) is 11.6 Å². The Balaban J connectivity index is 2.03. The van der Waals surface area contributed by atoms with E-state index in [1.54, 1.807) is 0 Å². The predicted octanol–water partition coefficient (Wildman–Crippen LogP) is 2.01. The van der Waals surface area contributed by atoms with Gasteiger partial charge in [0.15, 0.2) is 11.5 Å². The summed E-state index contributed by atoms with van der Waals surface area (Å²) in [5.41, 5.74) is 0.941. The van der Waals surface area contributed by atoms with Crippen LogP contribution >= 0.6 is 0 Å². The van der Waals surface area contributed by atoms with E-state index in [4.69, 9.17) is 0 Å². The van der Waals surface area contributed by atoms with Gasteiger partial charge in [0.2, 0.25) is 0 Å². The zero-order valence-electron chi connectivity index (χ0n) is 10.9. The molecular weight excluding hydrogens is 226 g/mol. The number of aromatic nitrogens is 3. The summed E-state index contributed by atoms with van der Waals surface area (Å²) in [5, 5.41) is 3.11. The van der Waals surface area contributed by atoms with Crippen molar-refractivity contribution in [1.29, 1.82) is 0 Å². The van der Waals surface area contributed by atoms with Gasteiger partial charge in [0.05, 0.1) is 6.20 Å². The van der Waals surface area contributed by atoms with Gasteiger partial charge in [-0.15, -0.1) is 0 Å². The highest BCUT2D eigenvalue weighted by Crippen LogP contribution is 2.32. The largest absolute Gasteiger partial charge is 0.372 e. The number of hydrogen-bond acceptors (Lipinski definition) is 4. The summed E-state index contributed by atoms with van der Waals surface area (Å²) in [5.74, 6) is 2.71. The molecule has 1 fully saturated rings. The molecule has 1 saturated carbocycles. The summed E-state index contributed by atoms with van der Waals surface area (Å²) in [6.07, 6.45) is 8.47. The first-order chi connectivity index (χ1) is 8.81. The molecule has 1 aliphatic rings. The quantitative estimate of drug-likeness (QED) is 0.875. The summed E-state index contributed by atoms with van der Waals surface area (Å²) in [7, 11) is 1.89. The minimum atomic E-state index is 0.847. The molecule has 5 heteroatoms. The van der Waals surface area contributed by atoms with Gasteiger partial charge >= 0.3 is 0 Å². The van der Waals surface area contributed by atoms with Gasteiger partial charge in [0.1, 0.15) is 5.82 Å². The Kier molecular flexibility index (Phi) is 2.81. The van der Waals surface area contributed by atoms with Crippen LogP contribution in [0.1, 0.15) is 19.8 Å². The van der Waals surface area contributed by atoms with Crippen LogP contribution in [0.5, 0.6) is 0 Å². The molecule has 0 aliphatic heterocycles. The van der Waals surface area contributed by atoms with Crippen molar-refractivity contribution in [2.75, 3.05) is 30.4 Å². The highest BCUT2D eigenvalue weighted by atomic mass is 15.2. The molecule has 3 rings (SSSR count). The second-order valence-corrected chi connectivity index (χ2v) is 4.84. The molecule has 0 bridgehead atoms. The average molecular weight is 245 g/mol. The third kappa shape index (κ3) is 2.00. The molecular formula is C13H19N5. The lowest BCUT2D eigenvalue weighted by atomic mass is 10.3. The molecule has 0 amide bonds. The van der Waals surface area contributed by atoms with Crippen LogP contribution in [0.15, 0.2) is 18.6 Å². The van der Waals surface area contributed by atoms with Crippen molar-refractivity contribution in [3.63, 3.8) is 0 Å². The molecule has 0 spiro atoms. The number of nitrogens with zero attached hydrogens (tertiary/aromatic N) is 4. The maximum atomic E-state index is 4.68. The molecule has 5 nitrogen and oxygen atoms in total. The van der Waals surface area contributed by atoms with E-state index in [9.17, 15) is 0 Å². The van der Waals surface area contributed by atoms with E-state index in [-0.39, 0.29) is 0 Å². The Hall–Kier alpha value is -1.78. The Labute approximate surface area is 107 Å². The molecule has 1 N–H and O–H groups in total. The van der Waals surface area contributed by atoms with Crippen molar-refractivity contribution in [2.45, 2.75) is 19.8 Å². The molecule has 0 radical (unpaired) electrons. The Bertz CT molecular complexity index is 543. The second kappa shape index (κ2) is 4.48. The van der Waals surface area contributed by atoms with Crippen molar-refractivity contribution in [3.05, 3.63) is 18.6 Å². The molecule has 0 saturated heterocycles. The first-order valence-electron chi connectivity index (χ1n) is 6.58. The summed E-state index contributed by atoms with van der Waals surface area (Å²) in [6.45, 7) is 4.24. The van der Waals surface area contributed by atoms with Crippen molar-refractivity contribution in [1.82, 2.24) is 14.4 Å². The van der Waals surface area contributed by atoms with Crippen LogP contribution in [0.3, 0.4) is 0 Å². The van der Waals surface area contributed by atoms with Crippen LogP contribution in [-0.4, -0.2) is 34.5 Å². The van der Waals surface area contributed by atoms with Gasteiger partial charge < -0.3 is 14.6 Å². The van der Waals surface area contributed by atoms with Crippen LogP contribution < -0.4 is 10.2 Å². The highest BCUT2D eigenvalue weighted by Gasteiger charge is 2.25. The smallest absolute Gasteiger partial charge is 0.180 e. The third-order valence-corrected chi connectivity index (χ3v) is 3.47. The number of imidazole rings is 1. The van der Waals surface area contributed by atoms with E-state index in [1.165, 1.54) is 12.8 Å². The Morgan fingerprint density at radius 2 is 2.33 bits per heavy atom. The van der Waals surface area contributed by atoms with E-state index in [2.05, 4.69) is 27.1 Å². The van der Waals surface area contributed by atoms with Crippen molar-refractivity contribution < 1.29 is 0 Å². The van der Waals surface area contributed by atoms with Gasteiger partial charge in [0, 0.05) is 32.5 Å². The summed E-state index contributed by atoms with van der Waals surface area (Å²) in [6, 6.07) is 0. The Morgan fingerprint density at radius 1 is 1.50 bits per heavy atom. The van der Waals surface area contributed by atoms with Gasteiger partial charge in [-0.2, -0.15) is 0 Å². The normalized spacial score (nSPS) is 15.0. The van der Waals surface area contributed by atoms with Crippen molar-refractivity contribution >= 4 is 17.3 Å². The topological polar surface area (TPSA) is 45.5 Å². The summed E-state index contributed by atoms with van der Waals surface area (Å²) >= 11 is 0. The second-order valence-electron chi connectivity index (χ2n) is 4.84. The van der Waals surface area contributed by atoms with E-state index in [0.717, 1.165) is 36.3 Å². The first kappa shape index (κ1) is 11.3. The molecule has 0 atom stereocenters. The molecule has 1 aliphatic carbocycles. The van der Waals surface area contributed by atoms with E-state index < -0.39 is 0 Å². The van der Waals surface area contributed by atoms with Crippen molar-refractivity contribution in [3.8, 4) is 0 Å². The van der Waals surface area contributed by atoms with Crippen LogP contribution in [0, 0.1) is 5.92 Å². The molecule has 0 unspecified atom stereocenters. The number of anilines is 2. The molecule has 2 aromatic heterocycles. The fourth-order valence-electron chi connectivity index (χ4n) is 2.23. The minimum absolute atomic E-state index is 0.847. The van der Waals surface area contributed by atoms with Gasteiger partial charge in [0.25, 0.3) is 0 Å². The number of rotatable bonds is 5. The summed E-state index contributed by atoms with van der Waals surface area (Å²) < 4.78 is 2.03. The number of hydrogen-bond donors (Lipinski definition) is 1. The molecule has 96 valence electrons. The van der Waals surface area contributed by atoms with Gasteiger partial charge in [-0.05, 0) is 25.7 Å². The molecule has 0 aromatic carbocycles. The number of nitrogens with one attached hydrogen (secondary N) is 1. The average Bonchev–Trinajstić information content (AvgIpc) is 3.09. The van der Waals surface area contributed by atoms with E-state index in [0.29, 0.717) is 0 Å². The maximum absolute atomic E-state index is 4.68. The zero-order valence-corrected chi connectivity index (χ0v) is 10.9. The van der Waals surface area contributed by atoms with Gasteiger partial charge in [-0.25, -0.2) is 9.97 Å². The summed E-state index contributed by atoms with van der Waals surface area (Å²) in [4.78, 5) is 11.4. The predicted molar refractivity (Wildman–Crippen MR) is 73.1 cm³/mol. The fraction of sp³-hybridized carbons (Fsp3) is 0.538. The SMILES string of the molecule is CCN(CC1CC1)c1nc(NC)cn2ccnc12. The lowest BCUT2D eigenvalue weighted by molar-refractivity contribution is 0.732. The fourth-order valence-corrected chi connectivity index (χ4v) is 2.23. The van der Waals surface area contributed by atoms with E-state index in [1.807, 2.05) is 30.0 Å². The number of fused-ring (bicyclic) bond motifs is 1. The standard InChI is InChI=1S/C13H19N5/c1-3-17(8-10-4-5-10)13-12-15-6-7-18(12)9-11(14-2)16-13/h6-7,9-10,14H,3-5,8H2,1-2H3. The minimum Gasteiger partial charge on any atom is -0.372 e. The van der Waals surface area contributed by atoms with Gasteiger partial charge in [-0.3, -0.25) is 0 Å². The molecule has 2 heterocycles. The monoisotopic (exact) mass is 245 g/mol. The lowest BCUT2D eigenvalue weighted by Gasteiger charge is -2.22. The highest BCUT2D eigenvalue weighted by molar-refractivity contribution is 5.66. The molecule has 2 aromatic rings. The van der Waals surface area contributed by atoms with E-state index >= 15 is 0 Å². The van der Waals surface area contributed by atoms with Crippen LogP contribution in [0.2, 0.25) is 0 Å². The van der Waals surface area contributed by atoms with Crippen molar-refractivity contribution in [2.24, 2.45) is 5.92 Å². The first-order valence-corrected chi connectivity index (χ1v) is 6.58. The lowest BCUT2D eigenvalue weighted by Crippen LogP contribution is -2.27. The Morgan fingerprint density at radius 3 is 3.00 bits per heavy atom. The molecule has 18 heavy (non-hydrogen) atoms. The van der Waals surface area contributed by atoms with Gasteiger partial charge in [-0.1, -0.05) is 0 Å². The zero-order chi connectivity index (χ0) is 12.5.